The SMILES string of the molecule is COc1cnc(C)cc1NC(C)c1cn[nH]c1. The molecule has 0 aromatic carbocycles. The summed E-state index contributed by atoms with van der Waals surface area (Å²) in [6.07, 6.45) is 5.40. The Balaban J connectivity index is 2.20. The second-order valence-corrected chi connectivity index (χ2v) is 3.92. The number of aromatic amines is 1. The Labute approximate surface area is 100 Å². The van der Waals surface area contributed by atoms with Crippen LogP contribution in [0.15, 0.2) is 24.7 Å². The highest BCUT2D eigenvalue weighted by molar-refractivity contribution is 5.56. The Hall–Kier alpha value is -2.04. The predicted octanol–water partition coefficient (Wildman–Crippen LogP) is 2.29. The maximum Gasteiger partial charge on any atom is 0.160 e. The minimum absolute atomic E-state index is 0.157. The van der Waals surface area contributed by atoms with Gasteiger partial charge in [0.1, 0.15) is 0 Å². The summed E-state index contributed by atoms with van der Waals surface area (Å²) in [5.41, 5.74) is 2.99. The summed E-state index contributed by atoms with van der Waals surface area (Å²) in [5, 5.41) is 10.1. The first-order chi connectivity index (χ1) is 8.20. The molecule has 2 heterocycles. The molecule has 0 amide bonds. The first kappa shape index (κ1) is 11.4. The van der Waals surface area contributed by atoms with Gasteiger partial charge >= 0.3 is 0 Å². The molecule has 1 unspecified atom stereocenters. The van der Waals surface area contributed by atoms with Crippen molar-refractivity contribution in [1.29, 1.82) is 0 Å². The molecular weight excluding hydrogens is 216 g/mol. The second kappa shape index (κ2) is 4.86. The molecule has 2 rings (SSSR count). The topological polar surface area (TPSA) is 62.8 Å². The van der Waals surface area contributed by atoms with Crippen LogP contribution in [-0.4, -0.2) is 22.3 Å². The number of H-pyrrole nitrogens is 1. The van der Waals surface area contributed by atoms with Gasteiger partial charge in [0.2, 0.25) is 0 Å². The van der Waals surface area contributed by atoms with Gasteiger partial charge in [0.15, 0.2) is 5.75 Å². The molecule has 0 fully saturated rings. The van der Waals surface area contributed by atoms with Gasteiger partial charge in [0.25, 0.3) is 0 Å². The van der Waals surface area contributed by atoms with Gasteiger partial charge in [-0.25, -0.2) is 0 Å². The summed E-state index contributed by atoms with van der Waals surface area (Å²) >= 11 is 0. The summed E-state index contributed by atoms with van der Waals surface area (Å²) in [5.74, 6) is 0.742. The largest absolute Gasteiger partial charge is 0.493 e. The van der Waals surface area contributed by atoms with E-state index in [0.717, 1.165) is 22.7 Å². The number of aryl methyl sites for hydroxylation is 1. The summed E-state index contributed by atoms with van der Waals surface area (Å²) in [7, 11) is 1.64. The van der Waals surface area contributed by atoms with E-state index in [2.05, 4.69) is 27.4 Å². The minimum atomic E-state index is 0.157. The zero-order valence-electron chi connectivity index (χ0n) is 10.2. The molecule has 1 atom stereocenters. The van der Waals surface area contributed by atoms with E-state index < -0.39 is 0 Å². The van der Waals surface area contributed by atoms with E-state index in [1.165, 1.54) is 0 Å². The van der Waals surface area contributed by atoms with Gasteiger partial charge < -0.3 is 10.1 Å². The van der Waals surface area contributed by atoms with E-state index in [9.17, 15) is 0 Å². The Bertz CT molecular complexity index is 481. The number of ether oxygens (including phenoxy) is 1. The van der Waals surface area contributed by atoms with Crippen molar-refractivity contribution in [2.45, 2.75) is 19.9 Å². The zero-order valence-corrected chi connectivity index (χ0v) is 10.2. The standard InChI is InChI=1S/C12H16N4O/c1-8-4-11(12(17-3)7-13-8)16-9(2)10-5-14-15-6-10/h4-7,9H,1-3H3,(H,13,16)(H,14,15). The smallest absolute Gasteiger partial charge is 0.160 e. The second-order valence-electron chi connectivity index (χ2n) is 3.92. The Morgan fingerprint density at radius 1 is 1.41 bits per heavy atom. The molecule has 2 N–H and O–H groups in total. The molecular formula is C12H16N4O. The zero-order chi connectivity index (χ0) is 12.3. The molecule has 0 saturated carbocycles. The van der Waals surface area contributed by atoms with Crippen molar-refractivity contribution >= 4 is 5.69 Å². The maximum atomic E-state index is 5.27. The van der Waals surface area contributed by atoms with Crippen LogP contribution in [0.4, 0.5) is 5.69 Å². The van der Waals surface area contributed by atoms with Crippen molar-refractivity contribution in [2.24, 2.45) is 0 Å². The molecule has 90 valence electrons. The van der Waals surface area contributed by atoms with Gasteiger partial charge in [-0.3, -0.25) is 10.1 Å². The molecule has 0 saturated heterocycles. The van der Waals surface area contributed by atoms with E-state index in [-0.39, 0.29) is 6.04 Å². The number of anilines is 1. The van der Waals surface area contributed by atoms with E-state index in [1.807, 2.05) is 19.2 Å². The molecule has 0 radical (unpaired) electrons. The Kier molecular flexibility index (Phi) is 3.27. The van der Waals surface area contributed by atoms with Crippen LogP contribution >= 0.6 is 0 Å². The molecule has 17 heavy (non-hydrogen) atoms. The van der Waals surface area contributed by atoms with Crippen LogP contribution < -0.4 is 10.1 Å². The van der Waals surface area contributed by atoms with Crippen LogP contribution in [-0.2, 0) is 0 Å². The number of hydrogen-bond acceptors (Lipinski definition) is 4. The molecule has 0 aliphatic rings. The third kappa shape index (κ3) is 2.55. The van der Waals surface area contributed by atoms with Gasteiger partial charge in [-0.15, -0.1) is 0 Å². The van der Waals surface area contributed by atoms with Gasteiger partial charge in [-0.05, 0) is 19.9 Å². The van der Waals surface area contributed by atoms with E-state index in [0.29, 0.717) is 0 Å². The number of rotatable bonds is 4. The molecule has 0 spiro atoms. The fourth-order valence-corrected chi connectivity index (χ4v) is 1.64. The van der Waals surface area contributed by atoms with Crippen molar-refractivity contribution in [3.8, 4) is 5.75 Å². The summed E-state index contributed by atoms with van der Waals surface area (Å²) in [6.45, 7) is 4.02. The lowest BCUT2D eigenvalue weighted by Crippen LogP contribution is -2.07. The third-order valence-electron chi connectivity index (χ3n) is 2.62. The van der Waals surface area contributed by atoms with Gasteiger partial charge in [0, 0.05) is 17.5 Å². The van der Waals surface area contributed by atoms with Crippen molar-refractivity contribution in [3.05, 3.63) is 35.9 Å². The maximum absolute atomic E-state index is 5.27. The van der Waals surface area contributed by atoms with Gasteiger partial charge in [-0.1, -0.05) is 0 Å². The highest BCUT2D eigenvalue weighted by Crippen LogP contribution is 2.27. The highest BCUT2D eigenvalue weighted by atomic mass is 16.5. The van der Waals surface area contributed by atoms with E-state index in [4.69, 9.17) is 4.74 Å². The van der Waals surface area contributed by atoms with Crippen LogP contribution in [0.1, 0.15) is 24.2 Å². The van der Waals surface area contributed by atoms with Gasteiger partial charge in [-0.2, -0.15) is 5.10 Å². The number of aromatic nitrogens is 3. The first-order valence-corrected chi connectivity index (χ1v) is 5.46. The average molecular weight is 232 g/mol. The number of methoxy groups -OCH3 is 1. The number of hydrogen-bond donors (Lipinski definition) is 2. The van der Waals surface area contributed by atoms with Crippen LogP contribution in [0.25, 0.3) is 0 Å². The van der Waals surface area contributed by atoms with Crippen LogP contribution in [0.5, 0.6) is 5.75 Å². The van der Waals surface area contributed by atoms with Crippen LogP contribution in [0, 0.1) is 6.92 Å². The monoisotopic (exact) mass is 232 g/mol. The van der Waals surface area contributed by atoms with Crippen molar-refractivity contribution in [3.63, 3.8) is 0 Å². The van der Waals surface area contributed by atoms with Crippen LogP contribution in [0.3, 0.4) is 0 Å². The average Bonchev–Trinajstić information content (AvgIpc) is 2.83. The molecule has 0 aliphatic heterocycles. The van der Waals surface area contributed by atoms with Crippen LogP contribution in [0.2, 0.25) is 0 Å². The quantitative estimate of drug-likeness (QED) is 0.849. The Morgan fingerprint density at radius 3 is 2.88 bits per heavy atom. The summed E-state index contributed by atoms with van der Waals surface area (Å²) < 4.78 is 5.27. The van der Waals surface area contributed by atoms with E-state index >= 15 is 0 Å². The van der Waals surface area contributed by atoms with E-state index in [1.54, 1.807) is 19.5 Å². The highest BCUT2D eigenvalue weighted by Gasteiger charge is 2.10. The normalized spacial score (nSPS) is 12.2. The number of nitrogens with one attached hydrogen (secondary N) is 2. The number of nitrogens with zero attached hydrogens (tertiary/aromatic N) is 2. The first-order valence-electron chi connectivity index (χ1n) is 5.46. The van der Waals surface area contributed by atoms with Crippen molar-refractivity contribution < 1.29 is 4.74 Å². The summed E-state index contributed by atoms with van der Waals surface area (Å²) in [4.78, 5) is 4.20. The van der Waals surface area contributed by atoms with Crippen molar-refractivity contribution in [2.75, 3.05) is 12.4 Å². The fraction of sp³-hybridized carbons (Fsp3) is 0.333. The predicted molar refractivity (Wildman–Crippen MR) is 66.2 cm³/mol. The molecule has 5 heteroatoms. The van der Waals surface area contributed by atoms with Crippen molar-refractivity contribution in [1.82, 2.24) is 15.2 Å². The van der Waals surface area contributed by atoms with Gasteiger partial charge in [0.05, 0.1) is 31.2 Å². The molecule has 0 bridgehead atoms. The lowest BCUT2D eigenvalue weighted by atomic mass is 10.2. The lowest BCUT2D eigenvalue weighted by molar-refractivity contribution is 0.414. The summed E-state index contributed by atoms with van der Waals surface area (Å²) in [6, 6.07) is 2.12. The Morgan fingerprint density at radius 2 is 2.24 bits per heavy atom. The molecule has 2 aromatic rings. The molecule has 2 aromatic heterocycles. The lowest BCUT2D eigenvalue weighted by Gasteiger charge is -2.16. The molecule has 0 aliphatic carbocycles. The fourth-order valence-electron chi connectivity index (χ4n) is 1.64. The number of pyridine rings is 1. The third-order valence-corrected chi connectivity index (χ3v) is 2.62. The minimum Gasteiger partial charge on any atom is -0.493 e. The molecule has 5 nitrogen and oxygen atoms in total.